The Morgan fingerprint density at radius 2 is 0.952 bits per heavy atom. The third kappa shape index (κ3) is 4.96. The van der Waals surface area contributed by atoms with Gasteiger partial charge in [0.25, 0.3) is 0 Å². The van der Waals surface area contributed by atoms with E-state index in [2.05, 4.69) is 38.3 Å². The van der Waals surface area contributed by atoms with E-state index in [0.29, 0.717) is 0 Å². The zero-order valence-electron chi connectivity index (χ0n) is 14.8. The molecule has 2 rings (SSSR count). The van der Waals surface area contributed by atoms with Crippen LogP contribution in [0.15, 0.2) is 0 Å². The number of hydrogen-bond donors (Lipinski definition) is 2. The fraction of sp³-hybridized carbons (Fsp3) is 1.00. The highest BCUT2D eigenvalue weighted by Gasteiger charge is 2.28. The van der Waals surface area contributed by atoms with Gasteiger partial charge in [0.15, 0.2) is 0 Å². The molecule has 2 N–H and O–H groups in total. The smallest absolute Gasteiger partial charge is 0.0118 e. The summed E-state index contributed by atoms with van der Waals surface area (Å²) in [6.07, 6.45) is 9.79. The predicted molar refractivity (Wildman–Crippen MR) is 92.6 cm³/mol. The molecule has 0 heterocycles. The van der Waals surface area contributed by atoms with E-state index in [4.69, 9.17) is 0 Å². The van der Waals surface area contributed by atoms with Gasteiger partial charge in [-0.25, -0.2) is 0 Å². The summed E-state index contributed by atoms with van der Waals surface area (Å²) in [5.74, 6) is 3.44. The van der Waals surface area contributed by atoms with Gasteiger partial charge in [0.05, 0.1) is 0 Å². The van der Waals surface area contributed by atoms with Crippen LogP contribution in [0.4, 0.5) is 0 Å². The Kier molecular flexibility index (Phi) is 7.01. The van der Waals surface area contributed by atoms with E-state index in [1.54, 1.807) is 0 Å². The van der Waals surface area contributed by atoms with Crippen molar-refractivity contribution in [2.45, 2.75) is 84.7 Å². The second-order valence-corrected chi connectivity index (χ2v) is 8.08. The van der Waals surface area contributed by atoms with Crippen LogP contribution in [0.1, 0.15) is 72.6 Å². The zero-order valence-corrected chi connectivity index (χ0v) is 14.8. The molecule has 0 radical (unpaired) electrons. The molecule has 2 aliphatic rings. The Balaban J connectivity index is 1.61. The van der Waals surface area contributed by atoms with Crippen molar-refractivity contribution in [1.29, 1.82) is 0 Å². The molecule has 2 heteroatoms. The predicted octanol–water partition coefficient (Wildman–Crippen LogP) is 4.21. The summed E-state index contributed by atoms with van der Waals surface area (Å²) in [7, 11) is 0. The molecule has 0 spiro atoms. The fourth-order valence-corrected chi connectivity index (χ4v) is 4.79. The first kappa shape index (κ1) is 17.3. The van der Waals surface area contributed by atoms with E-state index >= 15 is 0 Å². The SMILES string of the molecule is CC1CCCC(C)C1NCCCNC1C(C)CCCC1C. The van der Waals surface area contributed by atoms with E-state index in [1.165, 1.54) is 58.0 Å². The van der Waals surface area contributed by atoms with Gasteiger partial charge in [-0.15, -0.1) is 0 Å². The molecule has 4 atom stereocenters. The van der Waals surface area contributed by atoms with Crippen molar-refractivity contribution >= 4 is 0 Å². The third-order valence-electron chi connectivity index (χ3n) is 6.20. The fourth-order valence-electron chi connectivity index (χ4n) is 4.79. The van der Waals surface area contributed by atoms with Crippen molar-refractivity contribution in [3.8, 4) is 0 Å². The van der Waals surface area contributed by atoms with Crippen molar-refractivity contribution in [3.05, 3.63) is 0 Å². The highest BCUT2D eigenvalue weighted by atomic mass is 15.0. The number of rotatable bonds is 6. The number of hydrogen-bond acceptors (Lipinski definition) is 2. The third-order valence-corrected chi connectivity index (χ3v) is 6.20. The Hall–Kier alpha value is -0.0800. The monoisotopic (exact) mass is 294 g/mol. The molecule has 0 aromatic heterocycles. The molecule has 2 fully saturated rings. The molecule has 21 heavy (non-hydrogen) atoms. The van der Waals surface area contributed by atoms with Gasteiger partial charge in [-0.05, 0) is 68.9 Å². The van der Waals surface area contributed by atoms with Gasteiger partial charge >= 0.3 is 0 Å². The molecule has 0 aliphatic heterocycles. The summed E-state index contributed by atoms with van der Waals surface area (Å²) in [6.45, 7) is 12.1. The lowest BCUT2D eigenvalue weighted by molar-refractivity contribution is 0.199. The van der Waals surface area contributed by atoms with Crippen LogP contribution in [0.25, 0.3) is 0 Å². The Bertz CT molecular complexity index is 243. The second-order valence-electron chi connectivity index (χ2n) is 8.08. The van der Waals surface area contributed by atoms with E-state index in [1.807, 2.05) is 0 Å². The van der Waals surface area contributed by atoms with Crippen LogP contribution in [0, 0.1) is 23.7 Å². The molecular weight excluding hydrogens is 256 g/mol. The van der Waals surface area contributed by atoms with Crippen molar-refractivity contribution in [2.75, 3.05) is 13.1 Å². The Morgan fingerprint density at radius 1 is 0.619 bits per heavy atom. The number of nitrogens with one attached hydrogen (secondary N) is 2. The summed E-state index contributed by atoms with van der Waals surface area (Å²) in [5.41, 5.74) is 0. The molecule has 0 aromatic rings. The summed E-state index contributed by atoms with van der Waals surface area (Å²) in [4.78, 5) is 0. The summed E-state index contributed by atoms with van der Waals surface area (Å²) in [6, 6.07) is 1.51. The van der Waals surface area contributed by atoms with E-state index in [9.17, 15) is 0 Å². The molecular formula is C19H38N2. The van der Waals surface area contributed by atoms with Gasteiger partial charge < -0.3 is 10.6 Å². The lowest BCUT2D eigenvalue weighted by Gasteiger charge is -2.36. The maximum Gasteiger partial charge on any atom is 0.0118 e. The molecule has 0 amide bonds. The Morgan fingerprint density at radius 3 is 1.29 bits per heavy atom. The minimum Gasteiger partial charge on any atom is -0.313 e. The van der Waals surface area contributed by atoms with Gasteiger partial charge in [0, 0.05) is 12.1 Å². The van der Waals surface area contributed by atoms with Crippen molar-refractivity contribution in [1.82, 2.24) is 10.6 Å². The molecule has 4 unspecified atom stereocenters. The zero-order chi connectivity index (χ0) is 15.2. The molecule has 124 valence electrons. The maximum absolute atomic E-state index is 3.84. The first-order valence-corrected chi connectivity index (χ1v) is 9.56. The molecule has 0 aromatic carbocycles. The summed E-state index contributed by atoms with van der Waals surface area (Å²) >= 11 is 0. The summed E-state index contributed by atoms with van der Waals surface area (Å²) in [5, 5.41) is 7.68. The second kappa shape index (κ2) is 8.53. The first-order chi connectivity index (χ1) is 10.1. The van der Waals surface area contributed by atoms with Crippen LogP contribution >= 0.6 is 0 Å². The molecule has 2 aliphatic carbocycles. The van der Waals surface area contributed by atoms with Crippen molar-refractivity contribution in [2.24, 2.45) is 23.7 Å². The van der Waals surface area contributed by atoms with Crippen LogP contribution in [-0.2, 0) is 0 Å². The van der Waals surface area contributed by atoms with Crippen molar-refractivity contribution in [3.63, 3.8) is 0 Å². The standard InChI is InChI=1S/C19H38N2/c1-14-8-5-9-15(2)18(14)20-12-7-13-21-19-16(3)10-6-11-17(19)4/h14-21H,5-13H2,1-4H3. The van der Waals surface area contributed by atoms with Crippen LogP contribution in [0.2, 0.25) is 0 Å². The van der Waals surface area contributed by atoms with Gasteiger partial charge in [-0.1, -0.05) is 40.5 Å². The quantitative estimate of drug-likeness (QED) is 0.717. The van der Waals surface area contributed by atoms with Gasteiger partial charge in [-0.2, -0.15) is 0 Å². The molecule has 0 saturated heterocycles. The van der Waals surface area contributed by atoms with Crippen LogP contribution in [-0.4, -0.2) is 25.2 Å². The highest BCUT2D eigenvalue weighted by Crippen LogP contribution is 2.29. The lowest BCUT2D eigenvalue weighted by atomic mass is 9.78. The minimum absolute atomic E-state index is 0.756. The lowest BCUT2D eigenvalue weighted by Crippen LogP contribution is -2.45. The Labute approximate surface area is 132 Å². The average Bonchev–Trinajstić information content (AvgIpc) is 2.44. The first-order valence-electron chi connectivity index (χ1n) is 9.56. The average molecular weight is 295 g/mol. The minimum atomic E-state index is 0.756. The molecule has 2 saturated carbocycles. The van der Waals surface area contributed by atoms with E-state index < -0.39 is 0 Å². The highest BCUT2D eigenvalue weighted by molar-refractivity contribution is 4.85. The maximum atomic E-state index is 3.84. The molecule has 0 bridgehead atoms. The normalized spacial score (nSPS) is 41.1. The van der Waals surface area contributed by atoms with E-state index in [0.717, 1.165) is 35.8 Å². The van der Waals surface area contributed by atoms with Crippen molar-refractivity contribution < 1.29 is 0 Å². The topological polar surface area (TPSA) is 24.1 Å². The van der Waals surface area contributed by atoms with Gasteiger partial charge in [0.2, 0.25) is 0 Å². The van der Waals surface area contributed by atoms with Crippen LogP contribution in [0.5, 0.6) is 0 Å². The molecule has 2 nitrogen and oxygen atoms in total. The van der Waals surface area contributed by atoms with Crippen LogP contribution < -0.4 is 10.6 Å². The van der Waals surface area contributed by atoms with Crippen LogP contribution in [0.3, 0.4) is 0 Å². The largest absolute Gasteiger partial charge is 0.313 e. The summed E-state index contributed by atoms with van der Waals surface area (Å²) < 4.78 is 0. The van der Waals surface area contributed by atoms with Gasteiger partial charge in [0.1, 0.15) is 0 Å². The van der Waals surface area contributed by atoms with E-state index in [-0.39, 0.29) is 0 Å². The van der Waals surface area contributed by atoms with Gasteiger partial charge in [-0.3, -0.25) is 0 Å².